The van der Waals surface area contributed by atoms with Gasteiger partial charge in [-0.05, 0) is 54.1 Å². The summed E-state index contributed by atoms with van der Waals surface area (Å²) in [5.74, 6) is -1.03. The van der Waals surface area contributed by atoms with E-state index in [1.165, 1.54) is 6.07 Å². The fourth-order valence-electron chi connectivity index (χ4n) is 3.88. The molecule has 0 saturated carbocycles. The first-order valence-electron chi connectivity index (χ1n) is 10.8. The average Bonchev–Trinajstić information content (AvgIpc) is 3.33. The number of carbonyl (C=O) groups excluding carboxylic acids is 1. The lowest BCUT2D eigenvalue weighted by molar-refractivity contribution is -0.138. The number of hydrogen-bond donors (Lipinski definition) is 1. The monoisotopic (exact) mass is 489 g/mol. The predicted octanol–water partition coefficient (Wildman–Crippen LogP) is 5.74. The van der Waals surface area contributed by atoms with Crippen molar-refractivity contribution in [2.45, 2.75) is 6.18 Å². The third-order valence-electron chi connectivity index (χ3n) is 5.58. The number of fused-ring (bicyclic) bond motifs is 1. The lowest BCUT2D eigenvalue weighted by atomic mass is 10.1. The fraction of sp³-hybridized carbons (Fsp3) is 0.0769. The minimum Gasteiger partial charge on any atom is -0.496 e. The summed E-state index contributed by atoms with van der Waals surface area (Å²) >= 11 is 0. The first kappa shape index (κ1) is 23.0. The Morgan fingerprint density at radius 1 is 0.972 bits per heavy atom. The van der Waals surface area contributed by atoms with Crippen LogP contribution in [-0.2, 0) is 6.18 Å². The van der Waals surface area contributed by atoms with Crippen molar-refractivity contribution in [3.05, 3.63) is 96.6 Å². The zero-order valence-corrected chi connectivity index (χ0v) is 18.8. The Balaban J connectivity index is 1.46. The Morgan fingerprint density at radius 3 is 2.53 bits per heavy atom. The van der Waals surface area contributed by atoms with Crippen LogP contribution in [0, 0.1) is 0 Å². The number of anilines is 1. The first-order chi connectivity index (χ1) is 17.3. The maximum atomic E-state index is 13.4. The smallest absolute Gasteiger partial charge is 0.419 e. The van der Waals surface area contributed by atoms with Gasteiger partial charge in [-0.1, -0.05) is 12.1 Å². The normalized spacial score (nSPS) is 11.4. The second-order valence-corrected chi connectivity index (χ2v) is 7.81. The Bertz CT molecular complexity index is 1570. The molecule has 0 unspecified atom stereocenters. The van der Waals surface area contributed by atoms with Gasteiger partial charge in [-0.15, -0.1) is 0 Å². The zero-order valence-electron chi connectivity index (χ0n) is 18.8. The van der Waals surface area contributed by atoms with E-state index >= 15 is 0 Å². The minimum atomic E-state index is -4.66. The molecular formula is C26H18F3N5O2. The summed E-state index contributed by atoms with van der Waals surface area (Å²) in [6.45, 7) is 0. The van der Waals surface area contributed by atoms with Crippen LogP contribution in [0.5, 0.6) is 5.75 Å². The molecule has 0 aliphatic carbocycles. The molecule has 3 heterocycles. The van der Waals surface area contributed by atoms with E-state index in [1.807, 2.05) is 18.2 Å². The van der Waals surface area contributed by atoms with E-state index in [2.05, 4.69) is 20.4 Å². The number of benzene rings is 2. The van der Waals surface area contributed by atoms with Crippen LogP contribution in [0.3, 0.4) is 0 Å². The van der Waals surface area contributed by atoms with E-state index in [0.717, 1.165) is 41.6 Å². The quantitative estimate of drug-likeness (QED) is 0.341. The van der Waals surface area contributed by atoms with Gasteiger partial charge in [0, 0.05) is 41.0 Å². The molecule has 3 aromatic heterocycles. The van der Waals surface area contributed by atoms with Gasteiger partial charge in [-0.25, -0.2) is 9.50 Å². The molecular weight excluding hydrogens is 471 g/mol. The van der Waals surface area contributed by atoms with Crippen molar-refractivity contribution < 1.29 is 22.7 Å². The van der Waals surface area contributed by atoms with Crippen LogP contribution in [0.2, 0.25) is 0 Å². The van der Waals surface area contributed by atoms with Crippen LogP contribution in [0.25, 0.3) is 28.0 Å². The van der Waals surface area contributed by atoms with Crippen molar-refractivity contribution in [1.82, 2.24) is 19.6 Å². The molecule has 1 N–H and O–H groups in total. The Labute approximate surface area is 203 Å². The molecule has 5 rings (SSSR count). The molecule has 0 saturated heterocycles. The van der Waals surface area contributed by atoms with Crippen LogP contribution in [0.4, 0.5) is 18.9 Å². The number of amides is 1. The second-order valence-electron chi connectivity index (χ2n) is 7.81. The summed E-state index contributed by atoms with van der Waals surface area (Å²) in [4.78, 5) is 21.3. The molecule has 0 radical (unpaired) electrons. The number of pyridine rings is 1. The highest BCUT2D eigenvalue weighted by Gasteiger charge is 2.35. The van der Waals surface area contributed by atoms with Gasteiger partial charge in [0.2, 0.25) is 0 Å². The molecule has 0 aliphatic heterocycles. The Kier molecular flexibility index (Phi) is 5.85. The van der Waals surface area contributed by atoms with Crippen LogP contribution in [0.1, 0.15) is 15.9 Å². The summed E-state index contributed by atoms with van der Waals surface area (Å²) in [6, 6.07) is 15.6. The number of nitrogens with one attached hydrogen (secondary N) is 1. The summed E-state index contributed by atoms with van der Waals surface area (Å²) in [5.41, 5.74) is 3.10. The van der Waals surface area contributed by atoms with E-state index < -0.39 is 17.6 Å². The van der Waals surface area contributed by atoms with Gasteiger partial charge in [-0.2, -0.15) is 18.3 Å². The van der Waals surface area contributed by atoms with Crippen LogP contribution >= 0.6 is 0 Å². The van der Waals surface area contributed by atoms with E-state index in [1.54, 1.807) is 53.6 Å². The summed E-state index contributed by atoms with van der Waals surface area (Å²) in [7, 11) is 1.14. The second kappa shape index (κ2) is 9.14. The molecule has 10 heteroatoms. The molecule has 7 nitrogen and oxygen atoms in total. The van der Waals surface area contributed by atoms with Crippen molar-refractivity contribution in [3.63, 3.8) is 0 Å². The molecule has 0 atom stereocenters. The van der Waals surface area contributed by atoms with E-state index in [9.17, 15) is 18.0 Å². The van der Waals surface area contributed by atoms with Crippen molar-refractivity contribution in [2.24, 2.45) is 0 Å². The molecule has 36 heavy (non-hydrogen) atoms. The number of alkyl halides is 3. The van der Waals surface area contributed by atoms with Gasteiger partial charge in [0.1, 0.15) is 5.75 Å². The lowest BCUT2D eigenvalue weighted by Crippen LogP contribution is -2.15. The Morgan fingerprint density at radius 2 is 1.78 bits per heavy atom. The van der Waals surface area contributed by atoms with Gasteiger partial charge in [0.05, 0.1) is 24.6 Å². The molecule has 5 aromatic rings. The molecule has 0 aliphatic rings. The number of ether oxygens (including phenoxy) is 1. The van der Waals surface area contributed by atoms with Gasteiger partial charge >= 0.3 is 6.18 Å². The number of methoxy groups -OCH3 is 1. The van der Waals surface area contributed by atoms with Crippen molar-refractivity contribution >= 4 is 17.2 Å². The highest BCUT2D eigenvalue weighted by atomic mass is 19.4. The standard InChI is InChI=1S/C26H18F3N5O2/c1-36-23-6-5-18(14-21(23)26(27,28)29)25(35)33-19-4-2-3-17(13-19)22-9-12-31-24-20(15-32-34(22)24)16-7-10-30-11-8-16/h2-15H,1H3,(H,33,35). The van der Waals surface area contributed by atoms with E-state index in [-0.39, 0.29) is 11.3 Å². The third-order valence-corrected chi connectivity index (χ3v) is 5.58. The largest absolute Gasteiger partial charge is 0.496 e. The molecule has 0 fully saturated rings. The molecule has 0 spiro atoms. The number of nitrogens with zero attached hydrogens (tertiary/aromatic N) is 4. The number of hydrogen-bond acceptors (Lipinski definition) is 5. The van der Waals surface area contributed by atoms with Gasteiger partial charge in [0.15, 0.2) is 5.65 Å². The highest BCUT2D eigenvalue weighted by Crippen LogP contribution is 2.37. The summed E-state index contributed by atoms with van der Waals surface area (Å²) in [5, 5.41) is 7.15. The first-order valence-corrected chi connectivity index (χ1v) is 10.8. The van der Waals surface area contributed by atoms with Gasteiger partial charge < -0.3 is 10.1 Å². The molecule has 2 aromatic carbocycles. The highest BCUT2D eigenvalue weighted by molar-refractivity contribution is 6.04. The Hall–Kier alpha value is -4.73. The molecule has 0 bridgehead atoms. The number of aromatic nitrogens is 4. The minimum absolute atomic E-state index is 0.145. The van der Waals surface area contributed by atoms with Gasteiger partial charge in [0.25, 0.3) is 5.91 Å². The van der Waals surface area contributed by atoms with Crippen molar-refractivity contribution in [3.8, 4) is 28.1 Å². The number of halogens is 3. The van der Waals surface area contributed by atoms with Gasteiger partial charge in [-0.3, -0.25) is 9.78 Å². The van der Waals surface area contributed by atoms with Crippen LogP contribution in [-0.4, -0.2) is 32.6 Å². The maximum Gasteiger partial charge on any atom is 0.419 e. The lowest BCUT2D eigenvalue weighted by Gasteiger charge is -2.14. The van der Waals surface area contributed by atoms with Crippen molar-refractivity contribution in [2.75, 3.05) is 12.4 Å². The van der Waals surface area contributed by atoms with E-state index in [4.69, 9.17) is 4.74 Å². The zero-order chi connectivity index (χ0) is 25.3. The predicted molar refractivity (Wildman–Crippen MR) is 128 cm³/mol. The number of rotatable bonds is 5. The summed E-state index contributed by atoms with van der Waals surface area (Å²) < 4.78 is 46.5. The van der Waals surface area contributed by atoms with Crippen molar-refractivity contribution in [1.29, 1.82) is 0 Å². The topological polar surface area (TPSA) is 81.4 Å². The maximum absolute atomic E-state index is 13.4. The van der Waals surface area contributed by atoms with E-state index in [0.29, 0.717) is 11.3 Å². The summed E-state index contributed by atoms with van der Waals surface area (Å²) in [6.07, 6.45) is 2.10. The average molecular weight is 489 g/mol. The van der Waals surface area contributed by atoms with Crippen LogP contribution in [0.15, 0.2) is 85.5 Å². The molecule has 1 amide bonds. The molecule has 180 valence electrons. The third kappa shape index (κ3) is 4.36. The SMILES string of the molecule is COc1ccc(C(=O)Nc2cccc(-c3ccnc4c(-c5ccncc5)cnn34)c2)cc1C(F)(F)F. The number of carbonyl (C=O) groups is 1. The fourth-order valence-corrected chi connectivity index (χ4v) is 3.88. The van der Waals surface area contributed by atoms with Crippen LogP contribution < -0.4 is 10.1 Å².